The second kappa shape index (κ2) is 4.73. The van der Waals surface area contributed by atoms with Crippen LogP contribution >= 0.6 is 15.9 Å². The summed E-state index contributed by atoms with van der Waals surface area (Å²) < 4.78 is 25.2. The summed E-state index contributed by atoms with van der Waals surface area (Å²) in [7, 11) is -3.38. The molecule has 0 saturated carbocycles. The summed E-state index contributed by atoms with van der Waals surface area (Å²) in [5.74, 6) is 0. The van der Waals surface area contributed by atoms with E-state index in [1.807, 2.05) is 0 Å². The Morgan fingerprint density at radius 2 is 2.38 bits per heavy atom. The summed E-state index contributed by atoms with van der Waals surface area (Å²) in [6.45, 7) is 0.423. The van der Waals surface area contributed by atoms with Crippen molar-refractivity contribution in [3.63, 3.8) is 0 Å². The van der Waals surface area contributed by atoms with E-state index in [0.717, 1.165) is 11.8 Å². The van der Waals surface area contributed by atoms with Gasteiger partial charge in [-0.25, -0.2) is 13.1 Å². The average molecular weight is 268 g/mol. The molecular weight excluding hydrogens is 258 g/mol. The van der Waals surface area contributed by atoms with E-state index in [2.05, 4.69) is 30.8 Å². The van der Waals surface area contributed by atoms with E-state index in [0.29, 0.717) is 6.54 Å². The van der Waals surface area contributed by atoms with Gasteiger partial charge in [-0.05, 0) is 12.5 Å². The van der Waals surface area contributed by atoms with E-state index in [-0.39, 0.29) is 5.03 Å². The molecule has 7 heteroatoms. The van der Waals surface area contributed by atoms with Gasteiger partial charge in [0.2, 0.25) is 0 Å². The first-order chi connectivity index (χ1) is 6.17. The lowest BCUT2D eigenvalue weighted by atomic mass is 10.5. The molecule has 1 aromatic rings. The number of sulfonamides is 1. The fourth-order valence-electron chi connectivity index (χ4n) is 0.744. The highest BCUT2D eigenvalue weighted by Crippen LogP contribution is 2.01. The maximum Gasteiger partial charge on any atom is 0.257 e. The molecule has 0 aromatic carbocycles. The van der Waals surface area contributed by atoms with Gasteiger partial charge in [0.25, 0.3) is 10.0 Å². The van der Waals surface area contributed by atoms with Crippen LogP contribution in [-0.4, -0.2) is 30.5 Å². The molecule has 0 saturated heterocycles. The van der Waals surface area contributed by atoms with Crippen molar-refractivity contribution in [1.29, 1.82) is 0 Å². The lowest BCUT2D eigenvalue weighted by molar-refractivity contribution is 0.577. The fourth-order valence-corrected chi connectivity index (χ4v) is 2.01. The van der Waals surface area contributed by atoms with Gasteiger partial charge in [0.1, 0.15) is 0 Å². The summed E-state index contributed by atoms with van der Waals surface area (Å²) in [5.41, 5.74) is 0. The van der Waals surface area contributed by atoms with Crippen molar-refractivity contribution >= 4 is 26.0 Å². The highest BCUT2D eigenvalue weighted by Gasteiger charge is 2.13. The van der Waals surface area contributed by atoms with Crippen LogP contribution in [0, 0.1) is 0 Å². The third-order valence-corrected chi connectivity index (χ3v) is 3.32. The number of rotatable bonds is 5. The van der Waals surface area contributed by atoms with Crippen molar-refractivity contribution < 1.29 is 8.42 Å². The number of halogens is 1. The Bertz CT molecular complexity index is 335. The van der Waals surface area contributed by atoms with Crippen LogP contribution in [0.25, 0.3) is 0 Å². The monoisotopic (exact) mass is 267 g/mol. The fraction of sp³-hybridized carbons (Fsp3) is 0.500. The lowest BCUT2D eigenvalue weighted by Crippen LogP contribution is -2.25. The smallest absolute Gasteiger partial charge is 0.257 e. The van der Waals surface area contributed by atoms with Gasteiger partial charge in [0.15, 0.2) is 5.03 Å². The Morgan fingerprint density at radius 3 is 2.92 bits per heavy atom. The van der Waals surface area contributed by atoms with E-state index in [1.54, 1.807) is 0 Å². The molecule has 5 nitrogen and oxygen atoms in total. The summed E-state index contributed by atoms with van der Waals surface area (Å²) >= 11 is 3.21. The Balaban J connectivity index is 2.58. The molecule has 0 aliphatic rings. The van der Waals surface area contributed by atoms with Gasteiger partial charge in [-0.1, -0.05) is 15.9 Å². The molecule has 0 bridgehead atoms. The molecule has 0 aliphatic carbocycles. The Kier molecular flexibility index (Phi) is 3.89. The summed E-state index contributed by atoms with van der Waals surface area (Å²) in [6, 6.07) is 1.41. The minimum absolute atomic E-state index is 0.0991. The number of alkyl halides is 1. The van der Waals surface area contributed by atoms with Crippen LogP contribution in [0.15, 0.2) is 17.3 Å². The van der Waals surface area contributed by atoms with Gasteiger partial charge in [-0.2, -0.15) is 5.10 Å². The highest BCUT2D eigenvalue weighted by molar-refractivity contribution is 9.09. The molecule has 0 amide bonds. The summed E-state index contributed by atoms with van der Waals surface area (Å²) in [5, 5.41) is 6.83. The quantitative estimate of drug-likeness (QED) is 0.602. The Hall–Kier alpha value is -0.400. The first kappa shape index (κ1) is 10.7. The molecule has 0 radical (unpaired) electrons. The molecule has 1 aromatic heterocycles. The third kappa shape index (κ3) is 3.09. The molecule has 0 atom stereocenters. The topological polar surface area (TPSA) is 74.8 Å². The van der Waals surface area contributed by atoms with Crippen LogP contribution in [0.2, 0.25) is 0 Å². The van der Waals surface area contributed by atoms with E-state index < -0.39 is 10.0 Å². The molecule has 1 heterocycles. The maximum absolute atomic E-state index is 11.4. The maximum atomic E-state index is 11.4. The normalized spacial score (nSPS) is 11.8. The first-order valence-electron chi connectivity index (χ1n) is 3.72. The van der Waals surface area contributed by atoms with Gasteiger partial charge in [-0.15, -0.1) is 0 Å². The van der Waals surface area contributed by atoms with Gasteiger partial charge in [0.05, 0.1) is 6.20 Å². The van der Waals surface area contributed by atoms with Crippen molar-refractivity contribution in [3.05, 3.63) is 12.3 Å². The predicted octanol–water partition coefficient (Wildman–Crippen LogP) is 0.473. The predicted molar refractivity (Wildman–Crippen MR) is 52.2 cm³/mol. The third-order valence-electron chi connectivity index (χ3n) is 1.37. The molecular formula is C6H10BrN3O2S. The Morgan fingerprint density at radius 1 is 1.62 bits per heavy atom. The second-order valence-electron chi connectivity index (χ2n) is 2.36. The van der Waals surface area contributed by atoms with Crippen molar-refractivity contribution in [1.82, 2.24) is 14.9 Å². The first-order valence-corrected chi connectivity index (χ1v) is 6.32. The molecule has 13 heavy (non-hydrogen) atoms. The van der Waals surface area contributed by atoms with E-state index in [1.165, 1.54) is 12.3 Å². The lowest BCUT2D eigenvalue weighted by Gasteiger charge is -2.01. The molecule has 74 valence electrons. The second-order valence-corrected chi connectivity index (χ2v) is 4.89. The van der Waals surface area contributed by atoms with Crippen LogP contribution in [0.1, 0.15) is 6.42 Å². The Labute approximate surface area is 85.1 Å². The molecule has 2 N–H and O–H groups in total. The van der Waals surface area contributed by atoms with Crippen LogP contribution in [0.4, 0.5) is 0 Å². The summed E-state index contributed by atoms with van der Waals surface area (Å²) in [6.07, 6.45) is 2.16. The van der Waals surface area contributed by atoms with E-state index >= 15 is 0 Å². The number of hydrogen-bond donors (Lipinski definition) is 2. The van der Waals surface area contributed by atoms with E-state index in [4.69, 9.17) is 0 Å². The average Bonchev–Trinajstić information content (AvgIpc) is 2.56. The van der Waals surface area contributed by atoms with E-state index in [9.17, 15) is 8.42 Å². The zero-order valence-corrected chi connectivity index (χ0v) is 9.23. The van der Waals surface area contributed by atoms with Crippen LogP contribution < -0.4 is 4.72 Å². The van der Waals surface area contributed by atoms with Crippen molar-refractivity contribution in [3.8, 4) is 0 Å². The summed E-state index contributed by atoms with van der Waals surface area (Å²) in [4.78, 5) is 0. The highest BCUT2D eigenvalue weighted by atomic mass is 79.9. The number of nitrogens with one attached hydrogen (secondary N) is 2. The minimum atomic E-state index is -3.38. The van der Waals surface area contributed by atoms with Gasteiger partial charge < -0.3 is 0 Å². The van der Waals surface area contributed by atoms with Crippen molar-refractivity contribution in [2.75, 3.05) is 11.9 Å². The zero-order chi connectivity index (χ0) is 9.73. The van der Waals surface area contributed by atoms with Gasteiger partial charge in [0, 0.05) is 11.9 Å². The number of H-pyrrole nitrogens is 1. The number of aromatic nitrogens is 2. The van der Waals surface area contributed by atoms with Gasteiger partial charge >= 0.3 is 0 Å². The van der Waals surface area contributed by atoms with Crippen molar-refractivity contribution in [2.45, 2.75) is 11.4 Å². The van der Waals surface area contributed by atoms with Crippen LogP contribution in [0.3, 0.4) is 0 Å². The molecule has 0 aliphatic heterocycles. The SMILES string of the molecule is O=S(=O)(NCCCBr)c1ccn[nH]1. The van der Waals surface area contributed by atoms with Crippen LogP contribution in [-0.2, 0) is 10.0 Å². The molecule has 0 fully saturated rings. The molecule has 1 rings (SSSR count). The number of hydrogen-bond acceptors (Lipinski definition) is 3. The number of nitrogens with zero attached hydrogens (tertiary/aromatic N) is 1. The molecule has 0 spiro atoms. The number of aromatic amines is 1. The van der Waals surface area contributed by atoms with Crippen LogP contribution in [0.5, 0.6) is 0 Å². The minimum Gasteiger partial charge on any atom is -0.266 e. The largest absolute Gasteiger partial charge is 0.266 e. The van der Waals surface area contributed by atoms with Crippen molar-refractivity contribution in [2.24, 2.45) is 0 Å². The van der Waals surface area contributed by atoms with Gasteiger partial charge in [-0.3, -0.25) is 5.10 Å². The zero-order valence-electron chi connectivity index (χ0n) is 6.83. The molecule has 0 unspecified atom stereocenters. The standard InChI is InChI=1S/C6H10BrN3O2S/c7-3-1-4-9-13(11,12)6-2-5-8-10-6/h2,5,9H,1,3-4H2,(H,8,10).